The summed E-state index contributed by atoms with van der Waals surface area (Å²) in [5, 5.41) is 3.49. The van der Waals surface area contributed by atoms with Gasteiger partial charge in [0.1, 0.15) is 5.60 Å². The van der Waals surface area contributed by atoms with Crippen molar-refractivity contribution in [1.29, 1.82) is 0 Å². The molecule has 0 aliphatic carbocycles. The molecule has 2 aromatic rings. The number of pyridine rings is 2. The second kappa shape index (κ2) is 6.88. The van der Waals surface area contributed by atoms with Crippen LogP contribution in [-0.4, -0.2) is 15.6 Å². The maximum Gasteiger partial charge on any atom is 0.213 e. The zero-order valence-electron chi connectivity index (χ0n) is 14.1. The molecule has 1 atom stereocenters. The van der Waals surface area contributed by atoms with E-state index in [0.717, 1.165) is 12.1 Å². The van der Waals surface area contributed by atoms with Crippen LogP contribution in [0.4, 0.5) is 0 Å². The third-order valence-corrected chi connectivity index (χ3v) is 3.22. The van der Waals surface area contributed by atoms with Gasteiger partial charge in [0.15, 0.2) is 0 Å². The van der Waals surface area contributed by atoms with Gasteiger partial charge in [-0.25, -0.2) is 4.98 Å². The van der Waals surface area contributed by atoms with E-state index in [4.69, 9.17) is 4.74 Å². The molecule has 2 rings (SSSR count). The maximum atomic E-state index is 5.72. The largest absolute Gasteiger partial charge is 0.472 e. The van der Waals surface area contributed by atoms with Crippen LogP contribution >= 0.6 is 0 Å². The van der Waals surface area contributed by atoms with Gasteiger partial charge in [-0.2, -0.15) is 0 Å². The fourth-order valence-corrected chi connectivity index (χ4v) is 2.09. The van der Waals surface area contributed by atoms with Crippen LogP contribution in [0.2, 0.25) is 0 Å². The number of hydrogen-bond donors (Lipinski definition) is 1. The quantitative estimate of drug-likeness (QED) is 0.912. The highest BCUT2D eigenvalue weighted by Gasteiger charge is 2.12. The van der Waals surface area contributed by atoms with Gasteiger partial charge >= 0.3 is 0 Å². The molecular weight excluding hydrogens is 274 g/mol. The summed E-state index contributed by atoms with van der Waals surface area (Å²) in [6.07, 6.45) is 5.63. The number of nitrogens with one attached hydrogen (secondary N) is 1. The van der Waals surface area contributed by atoms with Crippen LogP contribution in [0.5, 0.6) is 5.88 Å². The molecule has 2 heterocycles. The lowest BCUT2D eigenvalue weighted by Crippen LogP contribution is -2.23. The number of rotatable bonds is 5. The highest BCUT2D eigenvalue weighted by molar-refractivity contribution is 5.21. The van der Waals surface area contributed by atoms with E-state index in [1.807, 2.05) is 51.5 Å². The average molecular weight is 299 g/mol. The van der Waals surface area contributed by atoms with E-state index < -0.39 is 0 Å². The van der Waals surface area contributed by atoms with Crippen molar-refractivity contribution in [2.24, 2.45) is 0 Å². The Hall–Kier alpha value is -1.94. The Morgan fingerprint density at radius 3 is 2.55 bits per heavy atom. The smallest absolute Gasteiger partial charge is 0.213 e. The number of aryl methyl sites for hydroxylation is 1. The summed E-state index contributed by atoms with van der Waals surface area (Å²) in [7, 11) is 0. The van der Waals surface area contributed by atoms with Gasteiger partial charge in [-0.1, -0.05) is 12.1 Å². The topological polar surface area (TPSA) is 47.0 Å². The SMILES string of the molecule is Cc1cncc(C(C)NCc2ccc(OC(C)(C)C)nc2)c1. The molecule has 1 N–H and O–H groups in total. The van der Waals surface area contributed by atoms with Crippen molar-refractivity contribution >= 4 is 0 Å². The Morgan fingerprint density at radius 1 is 1.18 bits per heavy atom. The maximum absolute atomic E-state index is 5.72. The molecule has 0 aliphatic heterocycles. The van der Waals surface area contributed by atoms with Gasteiger partial charge in [0.05, 0.1) is 0 Å². The minimum atomic E-state index is -0.223. The number of ether oxygens (including phenoxy) is 1. The Bertz CT molecular complexity index is 602. The second-order valence-corrected chi connectivity index (χ2v) is 6.62. The first-order valence-corrected chi connectivity index (χ1v) is 7.62. The van der Waals surface area contributed by atoms with Crippen LogP contribution in [0.15, 0.2) is 36.8 Å². The molecule has 0 spiro atoms. The molecule has 0 bridgehead atoms. The van der Waals surface area contributed by atoms with Crippen molar-refractivity contribution in [2.75, 3.05) is 0 Å². The summed E-state index contributed by atoms with van der Waals surface area (Å²) in [6.45, 7) is 11.0. The molecule has 0 radical (unpaired) electrons. The molecule has 0 saturated heterocycles. The van der Waals surface area contributed by atoms with E-state index >= 15 is 0 Å². The van der Waals surface area contributed by atoms with E-state index in [9.17, 15) is 0 Å². The van der Waals surface area contributed by atoms with Crippen LogP contribution in [0.25, 0.3) is 0 Å². The monoisotopic (exact) mass is 299 g/mol. The summed E-state index contributed by atoms with van der Waals surface area (Å²) < 4.78 is 5.72. The van der Waals surface area contributed by atoms with E-state index in [2.05, 4.69) is 35.2 Å². The lowest BCUT2D eigenvalue weighted by molar-refractivity contribution is 0.124. The van der Waals surface area contributed by atoms with E-state index in [0.29, 0.717) is 5.88 Å². The van der Waals surface area contributed by atoms with E-state index in [1.165, 1.54) is 11.1 Å². The van der Waals surface area contributed by atoms with Gasteiger partial charge < -0.3 is 10.1 Å². The van der Waals surface area contributed by atoms with Crippen molar-refractivity contribution in [3.05, 3.63) is 53.5 Å². The summed E-state index contributed by atoms with van der Waals surface area (Å²) in [5.41, 5.74) is 3.28. The van der Waals surface area contributed by atoms with Crippen LogP contribution in [-0.2, 0) is 6.54 Å². The Kier molecular flexibility index (Phi) is 5.14. The molecule has 0 aromatic carbocycles. The highest BCUT2D eigenvalue weighted by atomic mass is 16.5. The number of hydrogen-bond acceptors (Lipinski definition) is 4. The zero-order valence-corrected chi connectivity index (χ0v) is 14.1. The molecule has 4 nitrogen and oxygen atoms in total. The van der Waals surface area contributed by atoms with Crippen molar-refractivity contribution in [1.82, 2.24) is 15.3 Å². The minimum Gasteiger partial charge on any atom is -0.472 e. The molecule has 2 aromatic heterocycles. The van der Waals surface area contributed by atoms with Gasteiger partial charge in [0, 0.05) is 37.2 Å². The van der Waals surface area contributed by atoms with Crippen LogP contribution in [0, 0.1) is 6.92 Å². The molecule has 4 heteroatoms. The summed E-state index contributed by atoms with van der Waals surface area (Å²) in [5.74, 6) is 0.659. The third-order valence-electron chi connectivity index (χ3n) is 3.22. The van der Waals surface area contributed by atoms with Crippen molar-refractivity contribution in [2.45, 2.75) is 52.8 Å². The fraction of sp³-hybridized carbons (Fsp3) is 0.444. The van der Waals surface area contributed by atoms with Gasteiger partial charge in [0.2, 0.25) is 5.88 Å². The number of nitrogens with zero attached hydrogens (tertiary/aromatic N) is 2. The minimum absolute atomic E-state index is 0.223. The van der Waals surface area contributed by atoms with Crippen LogP contribution in [0.1, 0.15) is 50.4 Å². The number of aromatic nitrogens is 2. The van der Waals surface area contributed by atoms with E-state index in [1.54, 1.807) is 0 Å². The molecule has 118 valence electrons. The zero-order chi connectivity index (χ0) is 16.2. The molecule has 0 saturated carbocycles. The van der Waals surface area contributed by atoms with E-state index in [-0.39, 0.29) is 11.6 Å². The fourth-order valence-electron chi connectivity index (χ4n) is 2.09. The molecule has 0 fully saturated rings. The molecule has 22 heavy (non-hydrogen) atoms. The van der Waals surface area contributed by atoms with Crippen molar-refractivity contribution in [3.63, 3.8) is 0 Å². The molecule has 0 aliphatic rings. The predicted molar refractivity (Wildman–Crippen MR) is 88.8 cm³/mol. The summed E-state index contributed by atoms with van der Waals surface area (Å²) in [4.78, 5) is 8.59. The van der Waals surface area contributed by atoms with Crippen molar-refractivity contribution < 1.29 is 4.74 Å². The Labute approximate surface area is 133 Å². The average Bonchev–Trinajstić information content (AvgIpc) is 2.44. The summed E-state index contributed by atoms with van der Waals surface area (Å²) in [6, 6.07) is 6.37. The molecule has 0 amide bonds. The Balaban J connectivity index is 1.91. The first kappa shape index (κ1) is 16.4. The summed E-state index contributed by atoms with van der Waals surface area (Å²) >= 11 is 0. The molecular formula is C18H25N3O. The first-order chi connectivity index (χ1) is 10.3. The standard InChI is InChI=1S/C18H25N3O/c1-13-8-16(12-19-9-13)14(2)20-10-15-6-7-17(21-11-15)22-18(3,4)5/h6-9,11-12,14,20H,10H2,1-5H3. The third kappa shape index (κ3) is 5.11. The Morgan fingerprint density at radius 2 is 1.95 bits per heavy atom. The van der Waals surface area contributed by atoms with Crippen LogP contribution in [0.3, 0.4) is 0 Å². The first-order valence-electron chi connectivity index (χ1n) is 7.62. The predicted octanol–water partition coefficient (Wildman–Crippen LogP) is 3.81. The highest BCUT2D eigenvalue weighted by Crippen LogP contribution is 2.16. The van der Waals surface area contributed by atoms with Gasteiger partial charge in [-0.05, 0) is 51.3 Å². The van der Waals surface area contributed by atoms with Gasteiger partial charge in [-0.3, -0.25) is 4.98 Å². The normalized spacial score (nSPS) is 13.0. The second-order valence-electron chi connectivity index (χ2n) is 6.62. The lowest BCUT2D eigenvalue weighted by Gasteiger charge is -2.20. The van der Waals surface area contributed by atoms with Gasteiger partial charge in [0.25, 0.3) is 0 Å². The van der Waals surface area contributed by atoms with Gasteiger partial charge in [-0.15, -0.1) is 0 Å². The molecule has 1 unspecified atom stereocenters. The van der Waals surface area contributed by atoms with Crippen LogP contribution < -0.4 is 10.1 Å². The lowest BCUT2D eigenvalue weighted by atomic mass is 10.1. The van der Waals surface area contributed by atoms with Crippen molar-refractivity contribution in [3.8, 4) is 5.88 Å².